The highest BCUT2D eigenvalue weighted by Gasteiger charge is 2.13. The Balaban J connectivity index is 1.83. The number of thiazole rings is 1. The smallest absolute Gasteiger partial charge is 0.279 e. The third kappa shape index (κ3) is 4.07. The molecule has 0 spiro atoms. The van der Waals surface area contributed by atoms with Gasteiger partial charge in [-0.1, -0.05) is 41.9 Å². The maximum Gasteiger partial charge on any atom is 0.279 e. The van der Waals surface area contributed by atoms with Crippen molar-refractivity contribution in [1.29, 1.82) is 0 Å². The minimum Gasteiger partial charge on any atom is -0.285 e. The van der Waals surface area contributed by atoms with E-state index in [1.807, 2.05) is 52.4 Å². The summed E-state index contributed by atoms with van der Waals surface area (Å²) >= 11 is 7.37. The van der Waals surface area contributed by atoms with Crippen molar-refractivity contribution in [3.63, 3.8) is 0 Å². The molecule has 4 aromatic rings. The first-order valence-corrected chi connectivity index (χ1v) is 10.1. The molecule has 0 fully saturated rings. The molecule has 0 aliphatic heterocycles. The van der Waals surface area contributed by atoms with Crippen LogP contribution < -0.4 is 4.80 Å². The van der Waals surface area contributed by atoms with Gasteiger partial charge in [-0.05, 0) is 42.0 Å². The Morgan fingerprint density at radius 3 is 2.27 bits per heavy atom. The van der Waals surface area contributed by atoms with Crippen LogP contribution in [0.25, 0.3) is 16.9 Å². The van der Waals surface area contributed by atoms with Crippen LogP contribution in [0.4, 0.5) is 5.69 Å². The molecule has 1 amide bonds. The summed E-state index contributed by atoms with van der Waals surface area (Å²) in [7, 11) is 0. The average Bonchev–Trinajstić information content (AvgIpc) is 3.18. The summed E-state index contributed by atoms with van der Waals surface area (Å²) in [4.78, 5) is 27.8. The molecule has 0 saturated heterocycles. The summed E-state index contributed by atoms with van der Waals surface area (Å²) < 4.78 is 1.89. The molecular weight excluding hydrogens is 422 g/mol. The molecule has 0 aliphatic rings. The third-order valence-electron chi connectivity index (χ3n) is 4.38. The molecule has 0 unspecified atom stereocenters. The third-order valence-corrected chi connectivity index (χ3v) is 5.46. The van der Waals surface area contributed by atoms with E-state index in [4.69, 9.17) is 11.6 Å². The van der Waals surface area contributed by atoms with Crippen molar-refractivity contribution < 1.29 is 9.72 Å². The van der Waals surface area contributed by atoms with Crippen LogP contribution >= 0.6 is 22.9 Å². The van der Waals surface area contributed by atoms with E-state index < -0.39 is 10.8 Å². The number of nitro groups is 1. The molecule has 3 aromatic carbocycles. The molecule has 4 rings (SSSR count). The monoisotopic (exact) mass is 435 g/mol. The van der Waals surface area contributed by atoms with Gasteiger partial charge in [0.15, 0.2) is 4.80 Å². The van der Waals surface area contributed by atoms with Gasteiger partial charge in [0.2, 0.25) is 0 Å². The lowest BCUT2D eigenvalue weighted by Crippen LogP contribution is -2.16. The van der Waals surface area contributed by atoms with Crippen LogP contribution in [-0.2, 0) is 0 Å². The largest absolute Gasteiger partial charge is 0.285 e. The van der Waals surface area contributed by atoms with Crippen LogP contribution in [0.1, 0.15) is 10.4 Å². The van der Waals surface area contributed by atoms with Crippen molar-refractivity contribution in [1.82, 2.24) is 4.57 Å². The summed E-state index contributed by atoms with van der Waals surface area (Å²) in [5.41, 5.74) is 2.88. The first-order valence-electron chi connectivity index (χ1n) is 8.88. The number of benzene rings is 3. The van der Waals surface area contributed by atoms with Gasteiger partial charge < -0.3 is 0 Å². The summed E-state index contributed by atoms with van der Waals surface area (Å²) in [6.45, 7) is 0. The molecule has 0 N–H and O–H groups in total. The molecule has 30 heavy (non-hydrogen) atoms. The van der Waals surface area contributed by atoms with Crippen molar-refractivity contribution in [2.75, 3.05) is 0 Å². The Hall–Kier alpha value is -3.55. The Morgan fingerprint density at radius 1 is 0.967 bits per heavy atom. The molecule has 0 aliphatic carbocycles. The van der Waals surface area contributed by atoms with E-state index in [1.165, 1.54) is 35.6 Å². The minimum absolute atomic E-state index is 0.0785. The van der Waals surface area contributed by atoms with Gasteiger partial charge in [-0.2, -0.15) is 4.99 Å². The second-order valence-electron chi connectivity index (χ2n) is 6.30. The highest BCUT2D eigenvalue weighted by molar-refractivity contribution is 7.07. The van der Waals surface area contributed by atoms with Gasteiger partial charge >= 0.3 is 0 Å². The molecule has 0 atom stereocenters. The Morgan fingerprint density at radius 2 is 1.63 bits per heavy atom. The predicted octanol–water partition coefficient (Wildman–Crippen LogP) is 5.51. The number of aromatic nitrogens is 1. The molecule has 8 heteroatoms. The first-order chi connectivity index (χ1) is 14.5. The number of carbonyl (C=O) groups is 1. The number of amides is 1. The van der Waals surface area contributed by atoms with Crippen molar-refractivity contribution in [3.8, 4) is 16.9 Å². The molecule has 0 radical (unpaired) electrons. The van der Waals surface area contributed by atoms with Crippen LogP contribution in [-0.4, -0.2) is 15.4 Å². The van der Waals surface area contributed by atoms with Gasteiger partial charge in [-0.25, -0.2) is 0 Å². The zero-order valence-electron chi connectivity index (χ0n) is 15.4. The van der Waals surface area contributed by atoms with Crippen LogP contribution in [0.15, 0.2) is 89.2 Å². The quantitative estimate of drug-likeness (QED) is 0.313. The van der Waals surface area contributed by atoms with E-state index in [0.29, 0.717) is 9.82 Å². The van der Waals surface area contributed by atoms with Gasteiger partial charge in [-0.3, -0.25) is 19.5 Å². The average molecular weight is 436 g/mol. The van der Waals surface area contributed by atoms with Gasteiger partial charge in [0.25, 0.3) is 11.6 Å². The van der Waals surface area contributed by atoms with Crippen molar-refractivity contribution in [3.05, 3.63) is 110 Å². The first kappa shape index (κ1) is 19.8. The number of nitrogens with zero attached hydrogens (tertiary/aromatic N) is 3. The standard InChI is InChI=1S/C22H14ClN3O3S/c23-17-8-12-18(13-9-17)25-20(15-4-2-1-3-5-15)14-30-22(25)24-21(27)16-6-10-19(11-7-16)26(28)29/h1-14H. The highest BCUT2D eigenvalue weighted by atomic mass is 35.5. The van der Waals surface area contributed by atoms with Crippen molar-refractivity contribution >= 4 is 34.5 Å². The number of nitro benzene ring substituents is 1. The fraction of sp³-hybridized carbons (Fsp3) is 0. The molecule has 148 valence electrons. The SMILES string of the molecule is O=C(N=c1scc(-c2ccccc2)n1-c1ccc(Cl)cc1)c1ccc([N+](=O)[O-])cc1. The lowest BCUT2D eigenvalue weighted by molar-refractivity contribution is -0.384. The van der Waals surface area contributed by atoms with Crippen LogP contribution in [0, 0.1) is 10.1 Å². The lowest BCUT2D eigenvalue weighted by atomic mass is 10.1. The Bertz CT molecular complexity index is 1280. The number of rotatable bonds is 4. The molecule has 1 heterocycles. The Labute approximate surface area is 180 Å². The number of carbonyl (C=O) groups excluding carboxylic acids is 1. The van der Waals surface area contributed by atoms with E-state index in [1.54, 1.807) is 12.1 Å². The zero-order valence-corrected chi connectivity index (χ0v) is 17.0. The van der Waals surface area contributed by atoms with Crippen LogP contribution in [0.2, 0.25) is 5.02 Å². The second kappa shape index (κ2) is 8.44. The lowest BCUT2D eigenvalue weighted by Gasteiger charge is -2.09. The highest BCUT2D eigenvalue weighted by Crippen LogP contribution is 2.24. The summed E-state index contributed by atoms with van der Waals surface area (Å²) in [5.74, 6) is -0.478. The number of hydrogen-bond donors (Lipinski definition) is 0. The normalized spacial score (nSPS) is 11.4. The molecular formula is C22H14ClN3O3S. The number of hydrogen-bond acceptors (Lipinski definition) is 4. The fourth-order valence-corrected chi connectivity index (χ4v) is 3.95. The summed E-state index contributed by atoms with van der Waals surface area (Å²) in [6.07, 6.45) is 0. The van der Waals surface area contributed by atoms with Crippen molar-refractivity contribution in [2.45, 2.75) is 0 Å². The van der Waals surface area contributed by atoms with Gasteiger partial charge in [0, 0.05) is 33.8 Å². The Kier molecular flexibility index (Phi) is 5.56. The van der Waals surface area contributed by atoms with Crippen LogP contribution in [0.3, 0.4) is 0 Å². The van der Waals surface area contributed by atoms with Crippen molar-refractivity contribution in [2.24, 2.45) is 4.99 Å². The fourth-order valence-electron chi connectivity index (χ4n) is 2.92. The predicted molar refractivity (Wildman–Crippen MR) is 117 cm³/mol. The second-order valence-corrected chi connectivity index (χ2v) is 7.58. The summed E-state index contributed by atoms with van der Waals surface area (Å²) in [5, 5.41) is 13.4. The zero-order chi connectivity index (χ0) is 21.1. The topological polar surface area (TPSA) is 77.5 Å². The van der Waals surface area contributed by atoms with E-state index in [2.05, 4.69) is 4.99 Å². The molecule has 6 nitrogen and oxygen atoms in total. The molecule has 0 saturated carbocycles. The number of non-ortho nitro benzene ring substituents is 1. The van der Waals surface area contributed by atoms with Gasteiger partial charge in [0.05, 0.1) is 10.6 Å². The van der Waals surface area contributed by atoms with Gasteiger partial charge in [-0.15, -0.1) is 11.3 Å². The minimum atomic E-state index is -0.509. The maximum absolute atomic E-state index is 12.7. The number of halogens is 1. The van der Waals surface area contributed by atoms with Gasteiger partial charge in [0.1, 0.15) is 0 Å². The van der Waals surface area contributed by atoms with E-state index in [9.17, 15) is 14.9 Å². The summed E-state index contributed by atoms with van der Waals surface area (Å²) in [6, 6.07) is 22.4. The van der Waals surface area contributed by atoms with E-state index in [0.717, 1.165) is 16.9 Å². The molecule has 0 bridgehead atoms. The van der Waals surface area contributed by atoms with Crippen LogP contribution in [0.5, 0.6) is 0 Å². The maximum atomic E-state index is 12.7. The van der Waals surface area contributed by atoms with E-state index >= 15 is 0 Å². The molecule has 1 aromatic heterocycles. The van der Waals surface area contributed by atoms with E-state index in [-0.39, 0.29) is 11.3 Å².